The van der Waals surface area contributed by atoms with Gasteiger partial charge in [0.2, 0.25) is 0 Å². The first-order valence-corrected chi connectivity index (χ1v) is 6.82. The Balaban J connectivity index is 1.78. The summed E-state index contributed by atoms with van der Waals surface area (Å²) in [6.45, 7) is 5.96. The second-order valence-electron chi connectivity index (χ2n) is 5.47. The summed E-state index contributed by atoms with van der Waals surface area (Å²) in [5, 5.41) is 3.52. The van der Waals surface area contributed by atoms with E-state index in [1.165, 1.54) is 18.5 Å². The highest BCUT2D eigenvalue weighted by Gasteiger charge is 2.36. The van der Waals surface area contributed by atoms with E-state index >= 15 is 0 Å². The summed E-state index contributed by atoms with van der Waals surface area (Å²) in [5.74, 6) is 0. The van der Waals surface area contributed by atoms with E-state index in [1.54, 1.807) is 0 Å². The Hall–Kier alpha value is -1.13. The molecule has 3 rings (SSSR count). The van der Waals surface area contributed by atoms with Crippen LogP contribution in [0.5, 0.6) is 0 Å². The van der Waals surface area contributed by atoms with Crippen LogP contribution in [0.25, 0.3) is 0 Å². The Bertz CT molecular complexity index is 376. The van der Waals surface area contributed by atoms with Crippen LogP contribution in [-0.4, -0.2) is 44.4 Å². The van der Waals surface area contributed by atoms with Crippen molar-refractivity contribution in [3.05, 3.63) is 24.5 Å². The van der Waals surface area contributed by atoms with Gasteiger partial charge in [-0.3, -0.25) is 4.98 Å². The zero-order chi connectivity index (χ0) is 12.3. The molecule has 0 amide bonds. The number of pyridine rings is 1. The molecule has 1 spiro atoms. The second kappa shape index (κ2) is 5.24. The van der Waals surface area contributed by atoms with Crippen LogP contribution in [0.3, 0.4) is 0 Å². The number of piperidine rings is 1. The van der Waals surface area contributed by atoms with Gasteiger partial charge < -0.3 is 15.0 Å². The molecule has 1 N–H and O–H groups in total. The van der Waals surface area contributed by atoms with Crippen LogP contribution in [0.4, 0.5) is 5.69 Å². The fourth-order valence-corrected chi connectivity index (χ4v) is 3.04. The van der Waals surface area contributed by atoms with Crippen LogP contribution in [0.15, 0.2) is 24.5 Å². The van der Waals surface area contributed by atoms with Gasteiger partial charge in [0.1, 0.15) is 0 Å². The van der Waals surface area contributed by atoms with Crippen molar-refractivity contribution in [2.24, 2.45) is 5.41 Å². The quantitative estimate of drug-likeness (QED) is 0.811. The highest BCUT2D eigenvalue weighted by atomic mass is 16.5. The van der Waals surface area contributed by atoms with Crippen molar-refractivity contribution in [3.8, 4) is 0 Å². The molecule has 98 valence electrons. The van der Waals surface area contributed by atoms with Gasteiger partial charge in [0.05, 0.1) is 25.1 Å². The van der Waals surface area contributed by atoms with Crippen LogP contribution < -0.4 is 10.2 Å². The van der Waals surface area contributed by atoms with Crippen LogP contribution in [-0.2, 0) is 4.74 Å². The van der Waals surface area contributed by atoms with E-state index in [0.29, 0.717) is 0 Å². The number of ether oxygens (including phenoxy) is 1. The molecule has 4 heteroatoms. The third-order valence-corrected chi connectivity index (χ3v) is 4.01. The van der Waals surface area contributed by atoms with Gasteiger partial charge in [0, 0.05) is 31.2 Å². The first kappa shape index (κ1) is 11.9. The molecule has 2 aliphatic heterocycles. The summed E-state index contributed by atoms with van der Waals surface area (Å²) in [6.07, 6.45) is 6.30. The molecule has 2 saturated heterocycles. The molecule has 0 bridgehead atoms. The largest absolute Gasteiger partial charge is 0.379 e. The van der Waals surface area contributed by atoms with Crippen LogP contribution in [0, 0.1) is 5.41 Å². The Morgan fingerprint density at radius 2 is 2.44 bits per heavy atom. The molecule has 0 aliphatic carbocycles. The lowest BCUT2D eigenvalue weighted by Crippen LogP contribution is -2.48. The van der Waals surface area contributed by atoms with Crippen molar-refractivity contribution in [1.29, 1.82) is 0 Å². The Morgan fingerprint density at radius 1 is 1.44 bits per heavy atom. The van der Waals surface area contributed by atoms with E-state index in [-0.39, 0.29) is 5.41 Å². The molecule has 1 atom stereocenters. The molecule has 2 fully saturated rings. The molecule has 1 aromatic heterocycles. The van der Waals surface area contributed by atoms with Crippen LogP contribution in [0.1, 0.15) is 12.8 Å². The zero-order valence-electron chi connectivity index (χ0n) is 10.8. The van der Waals surface area contributed by atoms with E-state index in [9.17, 15) is 0 Å². The van der Waals surface area contributed by atoms with Crippen LogP contribution in [0.2, 0.25) is 0 Å². The lowest BCUT2D eigenvalue weighted by Gasteiger charge is -2.39. The van der Waals surface area contributed by atoms with E-state index in [1.807, 2.05) is 18.5 Å². The summed E-state index contributed by atoms with van der Waals surface area (Å²) in [5.41, 5.74) is 1.50. The highest BCUT2D eigenvalue weighted by molar-refractivity contribution is 5.44. The minimum atomic E-state index is 0.282. The lowest BCUT2D eigenvalue weighted by atomic mass is 9.81. The lowest BCUT2D eigenvalue weighted by molar-refractivity contribution is 0.0536. The average molecular weight is 247 g/mol. The molecular formula is C14H21N3O. The Kier molecular flexibility index (Phi) is 3.48. The van der Waals surface area contributed by atoms with Crippen molar-refractivity contribution < 1.29 is 4.74 Å². The van der Waals surface area contributed by atoms with Gasteiger partial charge in [0.15, 0.2) is 0 Å². The molecule has 1 unspecified atom stereocenters. The number of nitrogens with one attached hydrogen (secondary N) is 1. The van der Waals surface area contributed by atoms with Crippen molar-refractivity contribution in [1.82, 2.24) is 10.3 Å². The molecule has 0 radical (unpaired) electrons. The summed E-state index contributed by atoms with van der Waals surface area (Å²) >= 11 is 0. The van der Waals surface area contributed by atoms with Crippen molar-refractivity contribution in [2.45, 2.75) is 12.8 Å². The van der Waals surface area contributed by atoms with Gasteiger partial charge >= 0.3 is 0 Å². The second-order valence-corrected chi connectivity index (χ2v) is 5.47. The summed E-state index contributed by atoms with van der Waals surface area (Å²) in [6, 6.07) is 4.15. The van der Waals surface area contributed by atoms with Gasteiger partial charge in [0.25, 0.3) is 0 Å². The number of anilines is 1. The molecule has 0 aromatic carbocycles. The Morgan fingerprint density at radius 3 is 3.22 bits per heavy atom. The minimum Gasteiger partial charge on any atom is -0.379 e. The monoisotopic (exact) mass is 247 g/mol. The molecule has 1 aromatic rings. The van der Waals surface area contributed by atoms with E-state index in [4.69, 9.17) is 4.74 Å². The van der Waals surface area contributed by atoms with Crippen molar-refractivity contribution in [2.75, 3.05) is 44.3 Å². The molecular weight excluding hydrogens is 226 g/mol. The SMILES string of the molecule is c1cncc(N2CCOCC3(CCCNC3)C2)c1. The smallest absolute Gasteiger partial charge is 0.0641 e. The number of aromatic nitrogens is 1. The molecule has 0 saturated carbocycles. The van der Waals surface area contributed by atoms with Crippen LogP contribution >= 0.6 is 0 Å². The molecule has 18 heavy (non-hydrogen) atoms. The summed E-state index contributed by atoms with van der Waals surface area (Å²) in [4.78, 5) is 6.65. The third kappa shape index (κ3) is 2.49. The minimum absolute atomic E-state index is 0.282. The fraction of sp³-hybridized carbons (Fsp3) is 0.643. The maximum atomic E-state index is 5.84. The summed E-state index contributed by atoms with van der Waals surface area (Å²) in [7, 11) is 0. The number of nitrogens with zero attached hydrogens (tertiary/aromatic N) is 2. The third-order valence-electron chi connectivity index (χ3n) is 4.01. The molecule has 4 nitrogen and oxygen atoms in total. The van der Waals surface area contributed by atoms with E-state index < -0.39 is 0 Å². The van der Waals surface area contributed by atoms with Crippen molar-refractivity contribution >= 4 is 5.69 Å². The van der Waals surface area contributed by atoms with Gasteiger partial charge in [-0.15, -0.1) is 0 Å². The normalized spacial score (nSPS) is 29.2. The van der Waals surface area contributed by atoms with E-state index in [0.717, 1.165) is 39.4 Å². The average Bonchev–Trinajstić information content (AvgIpc) is 2.64. The predicted octanol–water partition coefficient (Wildman–Crippen LogP) is 1.29. The van der Waals surface area contributed by atoms with Gasteiger partial charge in [-0.05, 0) is 31.5 Å². The number of hydrogen-bond donors (Lipinski definition) is 1. The van der Waals surface area contributed by atoms with Gasteiger partial charge in [-0.1, -0.05) is 0 Å². The first-order valence-electron chi connectivity index (χ1n) is 6.82. The maximum Gasteiger partial charge on any atom is 0.0641 e. The molecule has 2 aliphatic rings. The Labute approximate surface area is 108 Å². The zero-order valence-corrected chi connectivity index (χ0v) is 10.8. The standard InChI is InChI=1S/C14H21N3O/c1-3-13(9-15-5-1)17-7-8-18-12-14(11-17)4-2-6-16-10-14/h1,3,5,9,16H,2,4,6-8,10-12H2. The maximum absolute atomic E-state index is 5.84. The number of hydrogen-bond acceptors (Lipinski definition) is 4. The number of rotatable bonds is 1. The predicted molar refractivity (Wildman–Crippen MR) is 71.8 cm³/mol. The van der Waals surface area contributed by atoms with Gasteiger partial charge in [-0.2, -0.15) is 0 Å². The first-order chi connectivity index (χ1) is 8.88. The van der Waals surface area contributed by atoms with Crippen molar-refractivity contribution in [3.63, 3.8) is 0 Å². The topological polar surface area (TPSA) is 37.4 Å². The summed E-state index contributed by atoms with van der Waals surface area (Å²) < 4.78 is 5.84. The van der Waals surface area contributed by atoms with Gasteiger partial charge in [-0.25, -0.2) is 0 Å². The highest BCUT2D eigenvalue weighted by Crippen LogP contribution is 2.31. The molecule has 3 heterocycles. The van der Waals surface area contributed by atoms with E-state index in [2.05, 4.69) is 21.3 Å². The fourth-order valence-electron chi connectivity index (χ4n) is 3.04.